The summed E-state index contributed by atoms with van der Waals surface area (Å²) in [6.45, 7) is 0. The molecule has 3 aliphatic carbocycles. The minimum atomic E-state index is -0.959. The van der Waals surface area contributed by atoms with Gasteiger partial charge in [-0.25, -0.2) is 13.8 Å². The number of aliphatic carboxylic acids is 1. The van der Waals surface area contributed by atoms with E-state index in [9.17, 15) is 23.9 Å². The van der Waals surface area contributed by atoms with Crippen molar-refractivity contribution < 1.29 is 27.8 Å². The molecule has 0 aliphatic heterocycles. The number of H-pyrrole nitrogens is 1. The zero-order chi connectivity index (χ0) is 27.3. The van der Waals surface area contributed by atoms with Gasteiger partial charge in [0.15, 0.2) is 11.6 Å². The lowest BCUT2D eigenvalue weighted by Crippen LogP contribution is -2.51. The Balaban J connectivity index is 1.54. The van der Waals surface area contributed by atoms with Gasteiger partial charge in [0.05, 0.1) is 17.1 Å². The predicted molar refractivity (Wildman–Crippen MR) is 137 cm³/mol. The van der Waals surface area contributed by atoms with E-state index in [1.807, 2.05) is 6.07 Å². The van der Waals surface area contributed by atoms with E-state index in [4.69, 9.17) is 4.74 Å². The monoisotopic (exact) mass is 532 g/mol. The number of para-hydroxylation sites is 1. The molecule has 39 heavy (non-hydrogen) atoms. The second-order valence-corrected chi connectivity index (χ2v) is 10.1. The molecular formula is C29H23F3N4O3. The molecule has 10 heteroatoms. The van der Waals surface area contributed by atoms with Crippen LogP contribution in [0.3, 0.4) is 0 Å². The molecule has 198 valence electrons. The Hall–Kier alpha value is -4.52. The Morgan fingerprint density at radius 2 is 1.82 bits per heavy atom. The Morgan fingerprint density at radius 1 is 1.10 bits per heavy atom. The molecule has 0 radical (unpaired) electrons. The number of pyridine rings is 1. The van der Waals surface area contributed by atoms with Crippen LogP contribution in [-0.2, 0) is 4.79 Å². The van der Waals surface area contributed by atoms with E-state index < -0.39 is 41.1 Å². The number of hydrogen-bond donors (Lipinski definition) is 3. The molecule has 3 N–H and O–H groups in total. The topological polar surface area (TPSA) is 111 Å². The van der Waals surface area contributed by atoms with Crippen LogP contribution >= 0.6 is 0 Å². The zero-order valence-corrected chi connectivity index (χ0v) is 20.5. The van der Waals surface area contributed by atoms with E-state index in [-0.39, 0.29) is 51.1 Å². The molecule has 7 nitrogen and oxygen atoms in total. The highest BCUT2D eigenvalue weighted by Crippen LogP contribution is 2.47. The Labute approximate surface area is 221 Å². The standard InChI is InChI=1S/C29H23F3N4O3/c30-16-10-18-20(13-34-26(18)21(31)11-16)25-19(12-33)27(39-17-4-2-1-3-5-17)23(32)28(36-25)35-24-15-8-6-14(7-9-15)22(24)29(37)38/h1-5,10-11,13-15,22,24,34H,6-9H2,(H,35,36)(H,37,38)/t14?,15?,22-,24?/m1/s1. The number of aromatic nitrogens is 2. The van der Waals surface area contributed by atoms with Gasteiger partial charge < -0.3 is 20.1 Å². The number of carboxylic acids is 1. The first-order valence-corrected chi connectivity index (χ1v) is 12.7. The average molecular weight is 533 g/mol. The summed E-state index contributed by atoms with van der Waals surface area (Å²) >= 11 is 0. The first kappa shape index (κ1) is 24.8. The van der Waals surface area contributed by atoms with Crippen LogP contribution in [-0.4, -0.2) is 27.1 Å². The molecule has 1 unspecified atom stereocenters. The molecule has 2 heterocycles. The fraction of sp³-hybridized carbons (Fsp3) is 0.276. The van der Waals surface area contributed by atoms with Crippen LogP contribution < -0.4 is 10.1 Å². The SMILES string of the molecule is N#Cc1c(-c2c[nH]c3c(F)cc(F)cc23)nc(NC2C3CCC(CC3)[C@H]2C(=O)O)c(F)c1Oc1ccccc1. The van der Waals surface area contributed by atoms with Crippen molar-refractivity contribution >= 4 is 22.7 Å². The van der Waals surface area contributed by atoms with Crippen molar-refractivity contribution in [3.05, 3.63) is 71.7 Å². The van der Waals surface area contributed by atoms with Gasteiger partial charge in [-0.05, 0) is 55.7 Å². The summed E-state index contributed by atoms with van der Waals surface area (Å²) in [5.74, 6) is -4.79. The van der Waals surface area contributed by atoms with Crippen LogP contribution in [0, 0.1) is 46.5 Å². The molecule has 7 rings (SSSR count). The van der Waals surface area contributed by atoms with E-state index in [2.05, 4.69) is 15.3 Å². The third-order valence-corrected chi connectivity index (χ3v) is 7.94. The molecule has 0 saturated heterocycles. The second-order valence-electron chi connectivity index (χ2n) is 10.1. The molecule has 2 bridgehead atoms. The maximum atomic E-state index is 16.1. The summed E-state index contributed by atoms with van der Waals surface area (Å²) in [6.07, 6.45) is 4.58. The number of rotatable bonds is 6. The van der Waals surface area contributed by atoms with Crippen molar-refractivity contribution in [3.8, 4) is 28.8 Å². The van der Waals surface area contributed by atoms with Crippen LogP contribution in [0.25, 0.3) is 22.2 Å². The summed E-state index contributed by atoms with van der Waals surface area (Å²) in [5, 5.41) is 23.2. The number of nitrogens with zero attached hydrogens (tertiary/aromatic N) is 2. The zero-order valence-electron chi connectivity index (χ0n) is 20.5. The Morgan fingerprint density at radius 3 is 2.51 bits per heavy atom. The summed E-state index contributed by atoms with van der Waals surface area (Å²) in [4.78, 5) is 19.4. The molecule has 3 fully saturated rings. The molecule has 3 aliphatic rings. The number of nitriles is 1. The molecule has 0 spiro atoms. The van der Waals surface area contributed by atoms with Gasteiger partial charge in [-0.15, -0.1) is 0 Å². The number of fused-ring (bicyclic) bond motifs is 4. The normalized spacial score (nSPS) is 22.0. The van der Waals surface area contributed by atoms with Crippen LogP contribution in [0.4, 0.5) is 19.0 Å². The molecule has 3 saturated carbocycles. The largest absolute Gasteiger partial charge is 0.481 e. The number of carboxylic acid groups (broad SMARTS) is 1. The predicted octanol–water partition coefficient (Wildman–Crippen LogP) is 6.61. The van der Waals surface area contributed by atoms with Crippen LogP contribution in [0.5, 0.6) is 11.5 Å². The minimum Gasteiger partial charge on any atom is -0.481 e. The molecule has 2 atom stereocenters. The first-order valence-electron chi connectivity index (χ1n) is 12.7. The highest BCUT2D eigenvalue weighted by molar-refractivity contribution is 5.97. The van der Waals surface area contributed by atoms with E-state index in [1.54, 1.807) is 30.3 Å². The third-order valence-electron chi connectivity index (χ3n) is 7.94. The van der Waals surface area contributed by atoms with Crippen molar-refractivity contribution in [1.82, 2.24) is 9.97 Å². The summed E-state index contributed by atoms with van der Waals surface area (Å²) in [5.41, 5.74) is -0.165. The number of carbonyl (C=O) groups is 1. The molecule has 4 aromatic rings. The third kappa shape index (κ3) is 4.24. The number of halogens is 3. The van der Waals surface area contributed by atoms with Crippen LogP contribution in [0.1, 0.15) is 31.2 Å². The van der Waals surface area contributed by atoms with Gasteiger partial charge in [0.1, 0.15) is 29.0 Å². The fourth-order valence-corrected chi connectivity index (χ4v) is 6.16. The van der Waals surface area contributed by atoms with Crippen molar-refractivity contribution in [1.29, 1.82) is 5.26 Å². The highest BCUT2D eigenvalue weighted by Gasteiger charge is 2.48. The summed E-state index contributed by atoms with van der Waals surface area (Å²) < 4.78 is 50.6. The van der Waals surface area contributed by atoms with Crippen molar-refractivity contribution in [2.45, 2.75) is 31.7 Å². The smallest absolute Gasteiger partial charge is 0.308 e. The van der Waals surface area contributed by atoms with E-state index >= 15 is 4.39 Å². The van der Waals surface area contributed by atoms with E-state index in [0.29, 0.717) is 0 Å². The van der Waals surface area contributed by atoms with Gasteiger partial charge in [0.25, 0.3) is 0 Å². The Kier molecular flexibility index (Phi) is 6.14. The number of anilines is 1. The molecular weight excluding hydrogens is 509 g/mol. The van der Waals surface area contributed by atoms with Crippen LogP contribution in [0.15, 0.2) is 48.7 Å². The van der Waals surface area contributed by atoms with E-state index in [0.717, 1.165) is 37.8 Å². The Bertz CT molecular complexity index is 1620. The van der Waals surface area contributed by atoms with Gasteiger partial charge in [-0.1, -0.05) is 18.2 Å². The number of hydrogen-bond acceptors (Lipinski definition) is 5. The van der Waals surface area contributed by atoms with Crippen LogP contribution in [0.2, 0.25) is 0 Å². The second kappa shape index (κ2) is 9.66. The minimum absolute atomic E-state index is 0.00279. The number of ether oxygens (including phenoxy) is 1. The fourth-order valence-electron chi connectivity index (χ4n) is 6.16. The van der Waals surface area contributed by atoms with Crippen molar-refractivity contribution in [2.75, 3.05) is 5.32 Å². The van der Waals surface area contributed by atoms with Crippen molar-refractivity contribution in [2.24, 2.45) is 17.8 Å². The lowest BCUT2D eigenvalue weighted by molar-refractivity contribution is -0.148. The van der Waals surface area contributed by atoms with Gasteiger partial charge >= 0.3 is 5.97 Å². The summed E-state index contributed by atoms with van der Waals surface area (Å²) in [7, 11) is 0. The molecule has 2 aromatic heterocycles. The van der Waals surface area contributed by atoms with Crippen molar-refractivity contribution in [3.63, 3.8) is 0 Å². The summed E-state index contributed by atoms with van der Waals surface area (Å²) in [6, 6.07) is 11.5. The number of aromatic amines is 1. The lowest BCUT2D eigenvalue weighted by Gasteiger charge is -2.47. The maximum absolute atomic E-state index is 16.1. The highest BCUT2D eigenvalue weighted by atomic mass is 19.1. The first-order chi connectivity index (χ1) is 18.9. The molecule has 0 amide bonds. The quantitative estimate of drug-likeness (QED) is 0.258. The van der Waals surface area contributed by atoms with Gasteiger partial charge in [-0.3, -0.25) is 4.79 Å². The lowest BCUT2D eigenvalue weighted by atomic mass is 9.61. The number of nitrogens with one attached hydrogen (secondary N) is 2. The van der Waals surface area contributed by atoms with Gasteiger partial charge in [0, 0.05) is 29.3 Å². The van der Waals surface area contributed by atoms with E-state index in [1.165, 1.54) is 6.20 Å². The molecule has 2 aromatic carbocycles. The van der Waals surface area contributed by atoms with Gasteiger partial charge in [0.2, 0.25) is 5.82 Å². The maximum Gasteiger partial charge on any atom is 0.308 e. The number of benzene rings is 2. The average Bonchev–Trinajstić information content (AvgIpc) is 3.35. The van der Waals surface area contributed by atoms with Gasteiger partial charge in [-0.2, -0.15) is 9.65 Å².